The van der Waals surface area contributed by atoms with Crippen LogP contribution >= 0.6 is 0 Å². The fourth-order valence-electron chi connectivity index (χ4n) is 3.75. The van der Waals surface area contributed by atoms with Gasteiger partial charge in [0, 0.05) is 37.4 Å². The van der Waals surface area contributed by atoms with E-state index in [1.165, 1.54) is 11.1 Å². The molecule has 0 saturated heterocycles. The monoisotopic (exact) mass is 412 g/mol. The Balaban J connectivity index is 1.41. The van der Waals surface area contributed by atoms with Crippen molar-refractivity contribution in [1.82, 2.24) is 20.2 Å². The van der Waals surface area contributed by atoms with Gasteiger partial charge >= 0.3 is 0 Å². The van der Waals surface area contributed by atoms with E-state index in [0.29, 0.717) is 26.0 Å². The molecule has 0 unspecified atom stereocenters. The summed E-state index contributed by atoms with van der Waals surface area (Å²) in [5.74, 6) is 0.753. The lowest BCUT2D eigenvalue weighted by Gasteiger charge is -2.33. The molecule has 7 nitrogen and oxygen atoms in total. The van der Waals surface area contributed by atoms with Gasteiger partial charge in [-0.15, -0.1) is 0 Å². The average molecular weight is 413 g/mol. The van der Waals surface area contributed by atoms with Crippen molar-refractivity contribution in [2.24, 2.45) is 0 Å². The van der Waals surface area contributed by atoms with E-state index in [0.717, 1.165) is 31.4 Å². The number of aryl methyl sites for hydroxylation is 3. The first-order chi connectivity index (χ1) is 14.5. The zero-order chi connectivity index (χ0) is 21.3. The summed E-state index contributed by atoms with van der Waals surface area (Å²) >= 11 is 0. The number of hydrogen-bond acceptors (Lipinski definition) is 4. The molecule has 1 saturated carbocycles. The van der Waals surface area contributed by atoms with Gasteiger partial charge in [0.05, 0.1) is 19.4 Å². The van der Waals surface area contributed by atoms with Crippen molar-refractivity contribution in [1.29, 1.82) is 0 Å². The van der Waals surface area contributed by atoms with Crippen LogP contribution in [0.1, 0.15) is 49.7 Å². The SMILES string of the molecule is Cc1ccc(OCCC(=O)N[C@@H]2CCCC[C@H]2NC(=O)CCn2ccnc2)cc1C. The molecule has 2 N–H and O–H groups in total. The summed E-state index contributed by atoms with van der Waals surface area (Å²) in [6, 6.07) is 5.90. The number of nitrogens with one attached hydrogen (secondary N) is 2. The normalized spacial score (nSPS) is 18.6. The maximum Gasteiger partial charge on any atom is 0.223 e. The number of aromatic nitrogens is 2. The number of carbonyl (C=O) groups excluding carboxylic acids is 2. The predicted molar refractivity (Wildman–Crippen MR) is 115 cm³/mol. The Morgan fingerprint density at radius 2 is 1.77 bits per heavy atom. The second-order valence-corrected chi connectivity index (χ2v) is 8.03. The molecule has 0 spiro atoms. The van der Waals surface area contributed by atoms with Crippen LogP contribution in [0.25, 0.3) is 0 Å². The van der Waals surface area contributed by atoms with Crippen molar-refractivity contribution in [2.75, 3.05) is 6.61 Å². The maximum atomic E-state index is 12.4. The van der Waals surface area contributed by atoms with Crippen LogP contribution < -0.4 is 15.4 Å². The lowest BCUT2D eigenvalue weighted by molar-refractivity contribution is -0.125. The molecule has 2 amide bonds. The summed E-state index contributed by atoms with van der Waals surface area (Å²) in [5, 5.41) is 6.21. The highest BCUT2D eigenvalue weighted by Crippen LogP contribution is 2.19. The Kier molecular flexibility index (Phi) is 7.88. The summed E-state index contributed by atoms with van der Waals surface area (Å²) in [6.45, 7) is 5.04. The number of amides is 2. The van der Waals surface area contributed by atoms with E-state index in [1.54, 1.807) is 12.5 Å². The molecule has 1 aliphatic carbocycles. The summed E-state index contributed by atoms with van der Waals surface area (Å²) in [7, 11) is 0. The third kappa shape index (κ3) is 6.61. The van der Waals surface area contributed by atoms with Gasteiger partial charge in [-0.05, 0) is 49.9 Å². The predicted octanol–water partition coefficient (Wildman–Crippen LogP) is 2.90. The molecule has 1 fully saturated rings. The van der Waals surface area contributed by atoms with E-state index in [-0.39, 0.29) is 23.9 Å². The molecular weight excluding hydrogens is 380 g/mol. The van der Waals surface area contributed by atoms with Crippen molar-refractivity contribution in [3.8, 4) is 5.75 Å². The minimum absolute atomic E-state index is 0.00734. The van der Waals surface area contributed by atoms with Crippen LogP contribution in [0.3, 0.4) is 0 Å². The standard InChI is InChI=1S/C23H32N4O3/c1-17-7-8-19(15-18(17)2)30-14-10-23(29)26-21-6-4-3-5-20(21)25-22(28)9-12-27-13-11-24-16-27/h7-8,11,13,15-16,20-21H,3-6,9-10,12,14H2,1-2H3,(H,25,28)(H,26,29)/t20-,21-/m1/s1. The molecule has 1 aliphatic rings. The van der Waals surface area contributed by atoms with Crippen LogP contribution in [0.5, 0.6) is 5.75 Å². The van der Waals surface area contributed by atoms with Gasteiger partial charge in [0.2, 0.25) is 11.8 Å². The minimum Gasteiger partial charge on any atom is -0.493 e. The van der Waals surface area contributed by atoms with Crippen LogP contribution in [-0.4, -0.2) is 40.1 Å². The number of nitrogens with zero attached hydrogens (tertiary/aromatic N) is 2. The first kappa shape index (κ1) is 21.9. The molecule has 1 heterocycles. The fraction of sp³-hybridized carbons (Fsp3) is 0.522. The molecule has 3 rings (SSSR count). The molecule has 1 aromatic heterocycles. The highest BCUT2D eigenvalue weighted by molar-refractivity contribution is 5.78. The van der Waals surface area contributed by atoms with Gasteiger partial charge < -0.3 is 19.9 Å². The Bertz CT molecular complexity index is 835. The summed E-state index contributed by atoms with van der Waals surface area (Å²) in [6.07, 6.45) is 9.85. The molecule has 7 heteroatoms. The number of rotatable bonds is 9. The number of benzene rings is 1. The molecular formula is C23H32N4O3. The molecule has 1 aromatic carbocycles. The Labute approximate surface area is 178 Å². The van der Waals surface area contributed by atoms with Crippen molar-refractivity contribution in [3.05, 3.63) is 48.0 Å². The lowest BCUT2D eigenvalue weighted by atomic mass is 9.90. The molecule has 2 aromatic rings. The zero-order valence-corrected chi connectivity index (χ0v) is 17.9. The first-order valence-electron chi connectivity index (χ1n) is 10.8. The van der Waals surface area contributed by atoms with E-state index in [4.69, 9.17) is 4.74 Å². The van der Waals surface area contributed by atoms with E-state index >= 15 is 0 Å². The van der Waals surface area contributed by atoms with Gasteiger partial charge in [-0.1, -0.05) is 18.9 Å². The van der Waals surface area contributed by atoms with Crippen LogP contribution in [0.15, 0.2) is 36.9 Å². The smallest absolute Gasteiger partial charge is 0.223 e. The molecule has 162 valence electrons. The van der Waals surface area contributed by atoms with Gasteiger partial charge in [0.15, 0.2) is 0 Å². The largest absolute Gasteiger partial charge is 0.493 e. The first-order valence-corrected chi connectivity index (χ1v) is 10.8. The van der Waals surface area contributed by atoms with Crippen molar-refractivity contribution in [3.63, 3.8) is 0 Å². The Hall–Kier alpha value is -2.83. The number of carbonyl (C=O) groups is 2. The van der Waals surface area contributed by atoms with Gasteiger partial charge in [-0.25, -0.2) is 4.98 Å². The quantitative estimate of drug-likeness (QED) is 0.663. The molecule has 2 atom stereocenters. The Morgan fingerprint density at radius 1 is 1.07 bits per heavy atom. The lowest BCUT2D eigenvalue weighted by Crippen LogP contribution is -2.53. The molecule has 0 radical (unpaired) electrons. The molecule has 0 bridgehead atoms. The van der Waals surface area contributed by atoms with Crippen molar-refractivity contribution in [2.45, 2.75) is 71.0 Å². The summed E-state index contributed by atoms with van der Waals surface area (Å²) in [4.78, 5) is 28.7. The van der Waals surface area contributed by atoms with E-state index < -0.39 is 0 Å². The zero-order valence-electron chi connectivity index (χ0n) is 17.9. The average Bonchev–Trinajstić information content (AvgIpc) is 3.24. The van der Waals surface area contributed by atoms with Gasteiger partial charge in [-0.3, -0.25) is 9.59 Å². The number of ether oxygens (including phenoxy) is 1. The Morgan fingerprint density at radius 3 is 2.40 bits per heavy atom. The van der Waals surface area contributed by atoms with Gasteiger partial charge in [0.1, 0.15) is 5.75 Å². The number of hydrogen-bond donors (Lipinski definition) is 2. The second-order valence-electron chi connectivity index (χ2n) is 8.03. The van der Waals surface area contributed by atoms with Gasteiger partial charge in [0.25, 0.3) is 0 Å². The highest BCUT2D eigenvalue weighted by Gasteiger charge is 2.27. The summed E-state index contributed by atoms with van der Waals surface area (Å²) < 4.78 is 7.61. The minimum atomic E-state index is -0.0385. The van der Waals surface area contributed by atoms with E-state index in [2.05, 4.69) is 22.5 Å². The topological polar surface area (TPSA) is 85.3 Å². The fourth-order valence-corrected chi connectivity index (χ4v) is 3.75. The third-order valence-electron chi connectivity index (χ3n) is 5.69. The van der Waals surface area contributed by atoms with Crippen LogP contribution in [0.4, 0.5) is 0 Å². The molecule has 30 heavy (non-hydrogen) atoms. The van der Waals surface area contributed by atoms with Crippen LogP contribution in [0, 0.1) is 13.8 Å². The van der Waals surface area contributed by atoms with E-state index in [1.807, 2.05) is 35.9 Å². The second kappa shape index (κ2) is 10.8. The number of imidazole rings is 1. The highest BCUT2D eigenvalue weighted by atomic mass is 16.5. The van der Waals surface area contributed by atoms with Crippen molar-refractivity contribution < 1.29 is 14.3 Å². The van der Waals surface area contributed by atoms with E-state index in [9.17, 15) is 9.59 Å². The van der Waals surface area contributed by atoms with Crippen LogP contribution in [-0.2, 0) is 16.1 Å². The van der Waals surface area contributed by atoms with Crippen molar-refractivity contribution >= 4 is 11.8 Å². The van der Waals surface area contributed by atoms with Gasteiger partial charge in [-0.2, -0.15) is 0 Å². The maximum absolute atomic E-state index is 12.4. The van der Waals surface area contributed by atoms with Crippen LogP contribution in [0.2, 0.25) is 0 Å². The molecule has 0 aliphatic heterocycles. The summed E-state index contributed by atoms with van der Waals surface area (Å²) in [5.41, 5.74) is 2.39. The third-order valence-corrected chi connectivity index (χ3v) is 5.69.